The molecule has 0 saturated carbocycles. The van der Waals surface area contributed by atoms with E-state index in [1.165, 1.54) is 16.2 Å². The number of nitrogens with zero attached hydrogens (tertiary/aromatic N) is 3. The maximum atomic E-state index is 13.8. The fourth-order valence-electron chi connectivity index (χ4n) is 5.39. The number of benzene rings is 2. The number of aromatic nitrogens is 2. The number of ether oxygens (including phenoxy) is 1. The predicted octanol–water partition coefficient (Wildman–Crippen LogP) is 5.03. The van der Waals surface area contributed by atoms with Crippen LogP contribution in [0.15, 0.2) is 90.6 Å². The molecule has 4 aromatic rings. The number of rotatable bonds is 16. The molecule has 49 heavy (non-hydrogen) atoms. The Labute approximate surface area is 292 Å². The van der Waals surface area contributed by atoms with Gasteiger partial charge in [-0.05, 0) is 49.3 Å². The van der Waals surface area contributed by atoms with Gasteiger partial charge in [0, 0.05) is 36.4 Å². The Morgan fingerprint density at radius 2 is 1.55 bits per heavy atom. The highest BCUT2D eigenvalue weighted by atomic mass is 32.1. The summed E-state index contributed by atoms with van der Waals surface area (Å²) in [5.74, 6) is -0.653. The minimum Gasteiger partial charge on any atom is -0.445 e. The lowest BCUT2D eigenvalue weighted by molar-refractivity contribution is -0.125. The van der Waals surface area contributed by atoms with E-state index in [4.69, 9.17) is 4.74 Å². The van der Waals surface area contributed by atoms with Gasteiger partial charge in [0.2, 0.25) is 5.91 Å². The number of urea groups is 1. The van der Waals surface area contributed by atoms with Crippen LogP contribution >= 0.6 is 11.3 Å². The quantitative estimate of drug-likeness (QED) is 0.129. The zero-order valence-corrected chi connectivity index (χ0v) is 29.2. The summed E-state index contributed by atoms with van der Waals surface area (Å²) in [7, 11) is 1.66. The Bertz CT molecular complexity index is 1610. The molecule has 4 amide bonds. The van der Waals surface area contributed by atoms with Gasteiger partial charge in [0.05, 0.1) is 29.4 Å². The zero-order chi connectivity index (χ0) is 35.2. The lowest BCUT2D eigenvalue weighted by Gasteiger charge is -2.31. The van der Waals surface area contributed by atoms with E-state index in [1.54, 1.807) is 25.5 Å². The van der Waals surface area contributed by atoms with Crippen LogP contribution in [0, 0.1) is 12.8 Å². The van der Waals surface area contributed by atoms with Gasteiger partial charge < -0.3 is 30.7 Å². The molecule has 4 atom stereocenters. The summed E-state index contributed by atoms with van der Waals surface area (Å²) in [6, 6.07) is 20.3. The largest absolute Gasteiger partial charge is 0.445 e. The number of aliphatic hydroxyl groups excluding tert-OH is 1. The number of hydrogen-bond acceptors (Lipinski definition) is 8. The SMILES string of the molecule is Cc1nc(CN(C)C(=O)N[C@H](C(=O)N[C@@H](Cc2ccccc2)[C@@H](O)C[C@H](Cc2ccccc2)NC(=O)OCc2cccnc2)C(C)C)cs1. The normalized spacial score (nSPS) is 13.5. The lowest BCUT2D eigenvalue weighted by atomic mass is 9.93. The maximum Gasteiger partial charge on any atom is 0.407 e. The summed E-state index contributed by atoms with van der Waals surface area (Å²) in [5, 5.41) is 23.4. The number of aryl methyl sites for hydroxylation is 1. The molecular formula is C37H46N6O5S. The number of carbonyl (C=O) groups excluding carboxylic acids is 3. The van der Waals surface area contributed by atoms with Gasteiger partial charge in [-0.2, -0.15) is 0 Å². The van der Waals surface area contributed by atoms with Crippen molar-refractivity contribution >= 4 is 29.4 Å². The second-order valence-corrected chi connectivity index (χ2v) is 13.5. The highest BCUT2D eigenvalue weighted by Crippen LogP contribution is 2.16. The van der Waals surface area contributed by atoms with Crippen LogP contribution in [-0.2, 0) is 35.5 Å². The number of aliphatic hydroxyl groups is 1. The van der Waals surface area contributed by atoms with Crippen molar-refractivity contribution in [2.24, 2.45) is 5.92 Å². The van der Waals surface area contributed by atoms with E-state index in [0.29, 0.717) is 19.4 Å². The van der Waals surface area contributed by atoms with Crippen molar-refractivity contribution in [3.05, 3.63) is 118 Å². The number of alkyl carbamates (subject to hydrolysis) is 1. The van der Waals surface area contributed by atoms with Gasteiger partial charge in [-0.3, -0.25) is 9.78 Å². The third kappa shape index (κ3) is 12.3. The molecule has 2 aromatic heterocycles. The Kier molecular flexibility index (Phi) is 14.1. The second kappa shape index (κ2) is 18.7. The first-order chi connectivity index (χ1) is 23.6. The molecule has 0 bridgehead atoms. The van der Waals surface area contributed by atoms with Gasteiger partial charge in [0.25, 0.3) is 0 Å². The van der Waals surface area contributed by atoms with Gasteiger partial charge in [-0.15, -0.1) is 11.3 Å². The van der Waals surface area contributed by atoms with Crippen LogP contribution in [-0.4, -0.2) is 69.3 Å². The molecule has 0 spiro atoms. The second-order valence-electron chi connectivity index (χ2n) is 12.5. The zero-order valence-electron chi connectivity index (χ0n) is 28.4. The third-order valence-corrected chi connectivity index (χ3v) is 8.82. The van der Waals surface area contributed by atoms with Crippen LogP contribution in [0.25, 0.3) is 0 Å². The van der Waals surface area contributed by atoms with E-state index in [0.717, 1.165) is 27.4 Å². The standard InChI is InChI=1S/C37H46N6O5S/c1-25(2)34(42-36(46)43(4)22-31-24-49-26(3)39-31)35(45)41-32(19-28-14-9-6-10-15-28)33(44)20-30(18-27-12-7-5-8-13-27)40-37(47)48-23-29-16-11-17-38-21-29/h5-17,21,24-25,30,32-34,44H,18-20,22-23H2,1-4H3,(H,40,47)(H,41,45)(H,42,46)/t30-,32-,33-,34-/m0/s1. The van der Waals surface area contributed by atoms with Crippen LogP contribution in [0.2, 0.25) is 0 Å². The molecule has 0 saturated heterocycles. The van der Waals surface area contributed by atoms with Gasteiger partial charge in [-0.1, -0.05) is 80.6 Å². The monoisotopic (exact) mass is 686 g/mol. The van der Waals surface area contributed by atoms with Gasteiger partial charge in [0.15, 0.2) is 0 Å². The van der Waals surface area contributed by atoms with E-state index in [-0.39, 0.29) is 18.9 Å². The number of thiazole rings is 1. The molecular weight excluding hydrogens is 641 g/mol. The van der Waals surface area contributed by atoms with Crippen molar-refractivity contribution < 1.29 is 24.2 Å². The Balaban J connectivity index is 1.47. The molecule has 0 aliphatic rings. The molecule has 2 aromatic carbocycles. The van der Waals surface area contributed by atoms with Crippen LogP contribution in [0.1, 0.15) is 47.7 Å². The molecule has 0 fully saturated rings. The minimum atomic E-state index is -1.06. The molecule has 12 heteroatoms. The van der Waals surface area contributed by atoms with Crippen LogP contribution in [0.3, 0.4) is 0 Å². The molecule has 0 unspecified atom stereocenters. The molecule has 0 aliphatic carbocycles. The highest BCUT2D eigenvalue weighted by molar-refractivity contribution is 7.09. The molecule has 260 valence electrons. The summed E-state index contributed by atoms with van der Waals surface area (Å²) < 4.78 is 5.46. The first-order valence-electron chi connectivity index (χ1n) is 16.4. The van der Waals surface area contributed by atoms with Gasteiger partial charge >= 0.3 is 12.1 Å². The highest BCUT2D eigenvalue weighted by Gasteiger charge is 2.31. The van der Waals surface area contributed by atoms with E-state index in [2.05, 4.69) is 25.9 Å². The third-order valence-electron chi connectivity index (χ3n) is 8.00. The first-order valence-corrected chi connectivity index (χ1v) is 17.3. The average Bonchev–Trinajstić information content (AvgIpc) is 3.50. The number of hydrogen-bond donors (Lipinski definition) is 4. The summed E-state index contributed by atoms with van der Waals surface area (Å²) in [6.07, 6.45) is 2.48. The first kappa shape index (κ1) is 37.0. The Morgan fingerprint density at radius 1 is 0.898 bits per heavy atom. The van der Waals surface area contributed by atoms with E-state index in [9.17, 15) is 19.5 Å². The van der Waals surface area contributed by atoms with E-state index in [1.807, 2.05) is 92.9 Å². The van der Waals surface area contributed by atoms with Crippen molar-refractivity contribution in [2.45, 2.75) is 77.4 Å². The van der Waals surface area contributed by atoms with Crippen LogP contribution < -0.4 is 16.0 Å². The summed E-state index contributed by atoms with van der Waals surface area (Å²) in [4.78, 5) is 49.9. The van der Waals surface area contributed by atoms with Gasteiger partial charge in [-0.25, -0.2) is 14.6 Å². The number of carbonyl (C=O) groups is 3. The molecule has 0 aliphatic heterocycles. The summed E-state index contributed by atoms with van der Waals surface area (Å²) in [6.45, 7) is 5.97. The van der Waals surface area contributed by atoms with Crippen LogP contribution in [0.5, 0.6) is 0 Å². The molecule has 2 heterocycles. The average molecular weight is 687 g/mol. The topological polar surface area (TPSA) is 146 Å². The molecule has 0 radical (unpaired) electrons. The maximum absolute atomic E-state index is 13.8. The van der Waals surface area contributed by atoms with Crippen molar-refractivity contribution in [1.82, 2.24) is 30.8 Å². The van der Waals surface area contributed by atoms with Crippen molar-refractivity contribution in [3.8, 4) is 0 Å². The van der Waals surface area contributed by atoms with E-state index < -0.39 is 42.3 Å². The molecule has 11 nitrogen and oxygen atoms in total. The van der Waals surface area contributed by atoms with Crippen molar-refractivity contribution in [3.63, 3.8) is 0 Å². The smallest absolute Gasteiger partial charge is 0.407 e. The fourth-order valence-corrected chi connectivity index (χ4v) is 5.99. The number of nitrogens with one attached hydrogen (secondary N) is 3. The van der Waals surface area contributed by atoms with Crippen LogP contribution in [0.4, 0.5) is 9.59 Å². The number of amides is 4. The molecule has 4 rings (SSSR count). The Morgan fingerprint density at radius 3 is 2.14 bits per heavy atom. The minimum absolute atomic E-state index is 0.0495. The Hall–Kier alpha value is -4.81. The van der Waals surface area contributed by atoms with Gasteiger partial charge in [0.1, 0.15) is 12.6 Å². The predicted molar refractivity (Wildman–Crippen MR) is 190 cm³/mol. The van der Waals surface area contributed by atoms with Crippen molar-refractivity contribution in [1.29, 1.82) is 0 Å². The lowest BCUT2D eigenvalue weighted by Crippen LogP contribution is -2.57. The fraction of sp³-hybridized carbons (Fsp3) is 0.378. The number of pyridine rings is 1. The summed E-state index contributed by atoms with van der Waals surface area (Å²) >= 11 is 1.51. The molecule has 4 N–H and O–H groups in total. The van der Waals surface area contributed by atoms with E-state index >= 15 is 0 Å². The summed E-state index contributed by atoms with van der Waals surface area (Å²) in [5.41, 5.74) is 3.41. The van der Waals surface area contributed by atoms with Crippen molar-refractivity contribution in [2.75, 3.05) is 7.05 Å².